The Kier molecular flexibility index (Phi) is 6.42. The molecule has 0 atom stereocenters. The third-order valence-electron chi connectivity index (χ3n) is 2.12. The van der Waals surface area contributed by atoms with Gasteiger partial charge in [-0.1, -0.05) is 35.2 Å². The van der Waals surface area contributed by atoms with Gasteiger partial charge in [0.15, 0.2) is 5.96 Å². The van der Waals surface area contributed by atoms with Gasteiger partial charge in [-0.15, -0.1) is 6.42 Å². The fraction of sp³-hybridized carbons (Fsp3) is 0.308. The van der Waals surface area contributed by atoms with Crippen LogP contribution in [0, 0.1) is 12.3 Å². The van der Waals surface area contributed by atoms with Gasteiger partial charge in [-0.05, 0) is 24.6 Å². The van der Waals surface area contributed by atoms with E-state index in [-0.39, 0.29) is 0 Å². The largest absolute Gasteiger partial charge is 0.357 e. The van der Waals surface area contributed by atoms with E-state index in [2.05, 4.69) is 21.5 Å². The Hall–Kier alpha value is -1.37. The summed E-state index contributed by atoms with van der Waals surface area (Å²) in [5.41, 5.74) is 0.916. The average molecular weight is 284 g/mol. The van der Waals surface area contributed by atoms with Crippen molar-refractivity contribution in [2.45, 2.75) is 13.5 Å². The molecule has 2 N–H and O–H groups in total. The molecule has 18 heavy (non-hydrogen) atoms. The van der Waals surface area contributed by atoms with E-state index in [4.69, 9.17) is 29.6 Å². The maximum Gasteiger partial charge on any atom is 0.192 e. The van der Waals surface area contributed by atoms with Crippen LogP contribution >= 0.6 is 23.2 Å². The standard InChI is InChI=1S/C13H15Cl2N3/c1-3-7-17-13(16-4-2)18-9-10-5-6-11(14)8-12(10)15/h1,5-6,8H,4,7,9H2,2H3,(H2,16,17,18). The van der Waals surface area contributed by atoms with E-state index in [0.717, 1.165) is 12.1 Å². The quantitative estimate of drug-likeness (QED) is 0.506. The molecule has 0 heterocycles. The minimum atomic E-state index is 0.431. The van der Waals surface area contributed by atoms with Gasteiger partial charge in [0.2, 0.25) is 0 Å². The van der Waals surface area contributed by atoms with Crippen LogP contribution in [0.5, 0.6) is 0 Å². The average Bonchev–Trinajstić information content (AvgIpc) is 2.34. The van der Waals surface area contributed by atoms with Gasteiger partial charge in [-0.2, -0.15) is 0 Å². The number of hydrogen-bond acceptors (Lipinski definition) is 1. The monoisotopic (exact) mass is 283 g/mol. The molecule has 0 spiro atoms. The fourth-order valence-corrected chi connectivity index (χ4v) is 1.76. The number of terminal acetylenes is 1. The number of aliphatic imine (C=N–C) groups is 1. The van der Waals surface area contributed by atoms with Crippen molar-refractivity contribution in [2.24, 2.45) is 4.99 Å². The molecule has 0 amide bonds. The predicted molar refractivity (Wildman–Crippen MR) is 78.1 cm³/mol. The Morgan fingerprint density at radius 2 is 2.17 bits per heavy atom. The van der Waals surface area contributed by atoms with Crippen LogP contribution in [0.2, 0.25) is 10.0 Å². The van der Waals surface area contributed by atoms with Crippen molar-refractivity contribution >= 4 is 29.2 Å². The van der Waals surface area contributed by atoms with Gasteiger partial charge in [0.05, 0.1) is 13.1 Å². The Balaban J connectivity index is 2.71. The second-order valence-corrected chi connectivity index (χ2v) is 4.33. The molecule has 0 aliphatic carbocycles. The minimum Gasteiger partial charge on any atom is -0.357 e. The summed E-state index contributed by atoms with van der Waals surface area (Å²) >= 11 is 11.9. The van der Waals surface area contributed by atoms with Crippen molar-refractivity contribution in [1.82, 2.24) is 10.6 Å². The van der Waals surface area contributed by atoms with Crippen molar-refractivity contribution in [3.8, 4) is 12.3 Å². The van der Waals surface area contributed by atoms with Gasteiger partial charge in [0, 0.05) is 16.6 Å². The van der Waals surface area contributed by atoms with Gasteiger partial charge >= 0.3 is 0 Å². The number of hydrogen-bond donors (Lipinski definition) is 2. The van der Waals surface area contributed by atoms with Gasteiger partial charge < -0.3 is 10.6 Å². The van der Waals surface area contributed by atoms with Crippen molar-refractivity contribution < 1.29 is 0 Å². The van der Waals surface area contributed by atoms with Gasteiger partial charge in [-0.25, -0.2) is 4.99 Å². The lowest BCUT2D eigenvalue weighted by Gasteiger charge is -2.09. The van der Waals surface area contributed by atoms with Crippen LogP contribution in [-0.4, -0.2) is 19.0 Å². The second kappa shape index (κ2) is 7.86. The molecule has 96 valence electrons. The molecular weight excluding hydrogens is 269 g/mol. The number of nitrogens with zero attached hydrogens (tertiary/aromatic N) is 1. The Labute approximate surface area is 118 Å². The summed E-state index contributed by atoms with van der Waals surface area (Å²) in [5, 5.41) is 7.32. The molecule has 0 saturated heterocycles. The van der Waals surface area contributed by atoms with Crippen LogP contribution in [0.1, 0.15) is 12.5 Å². The summed E-state index contributed by atoms with van der Waals surface area (Å²) in [7, 11) is 0. The van der Waals surface area contributed by atoms with Crippen LogP contribution in [0.3, 0.4) is 0 Å². The number of guanidine groups is 1. The molecule has 1 rings (SSSR count). The first kappa shape index (κ1) is 14.7. The Bertz CT molecular complexity index is 464. The number of rotatable bonds is 4. The molecule has 0 unspecified atom stereocenters. The van der Waals surface area contributed by atoms with Crippen molar-refractivity contribution in [3.63, 3.8) is 0 Å². The third kappa shape index (κ3) is 4.87. The molecular formula is C13H15Cl2N3. The molecule has 3 nitrogen and oxygen atoms in total. The summed E-state index contributed by atoms with van der Waals surface area (Å²) in [4.78, 5) is 4.38. The molecule has 0 aliphatic rings. The molecule has 1 aromatic rings. The zero-order valence-electron chi connectivity index (χ0n) is 10.1. The van der Waals surface area contributed by atoms with Crippen LogP contribution < -0.4 is 10.6 Å². The summed E-state index contributed by atoms with van der Waals surface area (Å²) in [6, 6.07) is 5.36. The molecule has 0 bridgehead atoms. The predicted octanol–water partition coefficient (Wildman–Crippen LogP) is 2.68. The zero-order chi connectivity index (χ0) is 13.4. The van der Waals surface area contributed by atoms with Crippen LogP contribution in [0.4, 0.5) is 0 Å². The Morgan fingerprint density at radius 1 is 1.39 bits per heavy atom. The second-order valence-electron chi connectivity index (χ2n) is 3.49. The highest BCUT2D eigenvalue weighted by Crippen LogP contribution is 2.21. The number of benzene rings is 1. The van der Waals surface area contributed by atoms with Crippen LogP contribution in [0.25, 0.3) is 0 Å². The zero-order valence-corrected chi connectivity index (χ0v) is 11.6. The van der Waals surface area contributed by atoms with E-state index in [1.54, 1.807) is 12.1 Å². The molecule has 0 aliphatic heterocycles. The molecule has 0 fully saturated rings. The number of halogens is 2. The molecule has 1 aromatic carbocycles. The topological polar surface area (TPSA) is 36.4 Å². The smallest absolute Gasteiger partial charge is 0.192 e. The lowest BCUT2D eigenvalue weighted by atomic mass is 10.2. The fourth-order valence-electron chi connectivity index (χ4n) is 1.29. The first-order valence-electron chi connectivity index (χ1n) is 5.57. The summed E-state index contributed by atoms with van der Waals surface area (Å²) in [6.45, 7) is 3.66. The van der Waals surface area contributed by atoms with Crippen molar-refractivity contribution in [1.29, 1.82) is 0 Å². The van der Waals surface area contributed by atoms with Crippen molar-refractivity contribution in [3.05, 3.63) is 33.8 Å². The summed E-state index contributed by atoms with van der Waals surface area (Å²) < 4.78 is 0. The molecule has 0 saturated carbocycles. The highest BCUT2D eigenvalue weighted by atomic mass is 35.5. The Morgan fingerprint density at radius 3 is 2.78 bits per heavy atom. The summed E-state index contributed by atoms with van der Waals surface area (Å²) in [5.74, 6) is 3.17. The SMILES string of the molecule is C#CCNC(=NCc1ccc(Cl)cc1Cl)NCC. The van der Waals surface area contributed by atoms with Gasteiger partial charge in [0.1, 0.15) is 0 Å². The maximum atomic E-state index is 6.07. The van der Waals surface area contributed by atoms with Gasteiger partial charge in [-0.3, -0.25) is 0 Å². The third-order valence-corrected chi connectivity index (χ3v) is 2.71. The normalized spacial score (nSPS) is 10.9. The first-order valence-corrected chi connectivity index (χ1v) is 6.32. The molecule has 0 aromatic heterocycles. The number of nitrogens with one attached hydrogen (secondary N) is 2. The first-order chi connectivity index (χ1) is 8.67. The molecule has 0 radical (unpaired) electrons. The lowest BCUT2D eigenvalue weighted by Crippen LogP contribution is -2.37. The highest BCUT2D eigenvalue weighted by Gasteiger charge is 2.01. The highest BCUT2D eigenvalue weighted by molar-refractivity contribution is 6.35. The van der Waals surface area contributed by atoms with E-state index < -0.39 is 0 Å². The van der Waals surface area contributed by atoms with E-state index in [1.807, 2.05) is 13.0 Å². The lowest BCUT2D eigenvalue weighted by molar-refractivity contribution is 0.865. The maximum absolute atomic E-state index is 6.07. The van der Waals surface area contributed by atoms with Crippen LogP contribution in [0.15, 0.2) is 23.2 Å². The van der Waals surface area contributed by atoms with E-state index in [0.29, 0.717) is 29.1 Å². The molecule has 5 heteroatoms. The summed E-state index contributed by atoms with van der Waals surface area (Å²) in [6.07, 6.45) is 5.19. The van der Waals surface area contributed by atoms with Crippen LogP contribution in [-0.2, 0) is 6.54 Å². The van der Waals surface area contributed by atoms with Crippen molar-refractivity contribution in [2.75, 3.05) is 13.1 Å². The minimum absolute atomic E-state index is 0.431. The van der Waals surface area contributed by atoms with E-state index >= 15 is 0 Å². The van der Waals surface area contributed by atoms with E-state index in [1.165, 1.54) is 0 Å². The van der Waals surface area contributed by atoms with Gasteiger partial charge in [0.25, 0.3) is 0 Å². The van der Waals surface area contributed by atoms with E-state index in [9.17, 15) is 0 Å².